The predicted molar refractivity (Wildman–Crippen MR) is 132 cm³/mol. The van der Waals surface area contributed by atoms with E-state index in [0.29, 0.717) is 17.7 Å². The molecular formula is C27H27N3O4. The molecule has 2 amide bonds. The summed E-state index contributed by atoms with van der Waals surface area (Å²) in [6.07, 6.45) is -0.0513. The Morgan fingerprint density at radius 2 is 1.76 bits per heavy atom. The molecular weight excluding hydrogens is 430 g/mol. The molecule has 2 heterocycles. The molecule has 0 spiro atoms. The minimum absolute atomic E-state index is 0.233. The Morgan fingerprint density at radius 1 is 0.941 bits per heavy atom. The van der Waals surface area contributed by atoms with Crippen molar-refractivity contribution in [2.45, 2.75) is 19.4 Å². The molecule has 0 aliphatic carbocycles. The lowest BCUT2D eigenvalue weighted by Crippen LogP contribution is -2.36. The van der Waals surface area contributed by atoms with Crippen molar-refractivity contribution in [1.29, 1.82) is 0 Å². The highest BCUT2D eigenvalue weighted by molar-refractivity contribution is 6.06. The van der Waals surface area contributed by atoms with Crippen molar-refractivity contribution in [2.24, 2.45) is 0 Å². The summed E-state index contributed by atoms with van der Waals surface area (Å²) >= 11 is 0. The van der Waals surface area contributed by atoms with Gasteiger partial charge in [0.25, 0.3) is 11.8 Å². The average molecular weight is 458 g/mol. The maximum atomic E-state index is 12.9. The zero-order valence-electron chi connectivity index (χ0n) is 19.0. The maximum Gasteiger partial charge on any atom is 0.265 e. The first-order valence-electron chi connectivity index (χ1n) is 11.5. The Hall–Kier alpha value is -3.84. The average Bonchev–Trinajstić information content (AvgIpc) is 3.31. The monoisotopic (exact) mass is 457 g/mol. The fraction of sp³-hybridized carbons (Fsp3) is 0.259. The Bertz CT molecular complexity index is 1200. The minimum atomic E-state index is -0.581. The van der Waals surface area contributed by atoms with Crippen LogP contribution in [0.25, 0.3) is 0 Å². The smallest absolute Gasteiger partial charge is 0.265 e. The Balaban J connectivity index is 1.23. The van der Waals surface area contributed by atoms with Gasteiger partial charge in [-0.05, 0) is 60.5 Å². The van der Waals surface area contributed by atoms with Gasteiger partial charge in [0.15, 0.2) is 6.10 Å². The third-order valence-electron chi connectivity index (χ3n) is 6.17. The lowest BCUT2D eigenvalue weighted by atomic mass is 10.1. The molecule has 1 saturated heterocycles. The van der Waals surface area contributed by atoms with Crippen LogP contribution in [0.5, 0.6) is 5.75 Å². The van der Waals surface area contributed by atoms with E-state index in [1.54, 1.807) is 24.3 Å². The van der Waals surface area contributed by atoms with Gasteiger partial charge in [0.1, 0.15) is 5.75 Å². The number of hydrogen-bond donors (Lipinski definition) is 2. The number of amides is 2. The molecule has 3 aromatic rings. The molecule has 7 heteroatoms. The van der Waals surface area contributed by atoms with Crippen molar-refractivity contribution < 1.29 is 19.1 Å². The number of nitrogens with zero attached hydrogens (tertiary/aromatic N) is 1. The van der Waals surface area contributed by atoms with Gasteiger partial charge in [0.05, 0.1) is 13.2 Å². The maximum absolute atomic E-state index is 12.9. The van der Waals surface area contributed by atoms with Crippen molar-refractivity contribution >= 4 is 28.9 Å². The van der Waals surface area contributed by atoms with Crippen molar-refractivity contribution in [3.8, 4) is 5.75 Å². The predicted octanol–water partition coefficient (Wildman–Crippen LogP) is 4.03. The summed E-state index contributed by atoms with van der Waals surface area (Å²) in [6.45, 7) is 5.16. The molecule has 2 aliphatic rings. The molecule has 1 atom stereocenters. The Labute approximate surface area is 198 Å². The van der Waals surface area contributed by atoms with Crippen LogP contribution >= 0.6 is 0 Å². The number of para-hydroxylation sites is 1. The van der Waals surface area contributed by atoms with Crippen LogP contribution in [-0.4, -0.2) is 44.2 Å². The number of rotatable bonds is 5. The van der Waals surface area contributed by atoms with E-state index in [9.17, 15) is 9.59 Å². The Kier molecular flexibility index (Phi) is 6.18. The van der Waals surface area contributed by atoms with Crippen molar-refractivity contribution in [3.05, 3.63) is 83.4 Å². The molecule has 2 N–H and O–H groups in total. The van der Waals surface area contributed by atoms with Gasteiger partial charge in [-0.3, -0.25) is 9.59 Å². The first kappa shape index (κ1) is 22.0. The highest BCUT2D eigenvalue weighted by atomic mass is 16.5. The quantitative estimate of drug-likeness (QED) is 0.605. The molecule has 7 nitrogen and oxygen atoms in total. The number of morpholine rings is 1. The summed E-state index contributed by atoms with van der Waals surface area (Å²) in [5.41, 5.74) is 4.90. The number of hydrogen-bond acceptors (Lipinski definition) is 5. The lowest BCUT2D eigenvalue weighted by molar-refractivity contribution is -0.122. The van der Waals surface area contributed by atoms with Gasteiger partial charge in [-0.25, -0.2) is 0 Å². The second-order valence-corrected chi connectivity index (χ2v) is 8.54. The van der Waals surface area contributed by atoms with Crippen LogP contribution in [0.1, 0.15) is 21.5 Å². The molecule has 0 bridgehead atoms. The van der Waals surface area contributed by atoms with Gasteiger partial charge < -0.3 is 25.0 Å². The van der Waals surface area contributed by atoms with Crippen LogP contribution in [0, 0.1) is 6.92 Å². The second-order valence-electron chi connectivity index (χ2n) is 8.54. The van der Waals surface area contributed by atoms with Crippen LogP contribution in [-0.2, 0) is 16.0 Å². The highest BCUT2D eigenvalue weighted by Gasteiger charge is 2.28. The number of nitrogens with one attached hydrogen (secondary N) is 2. The van der Waals surface area contributed by atoms with E-state index in [1.165, 1.54) is 0 Å². The van der Waals surface area contributed by atoms with Crippen LogP contribution in [0.4, 0.5) is 17.1 Å². The zero-order chi connectivity index (χ0) is 23.5. The van der Waals surface area contributed by atoms with Crippen LogP contribution in [0.3, 0.4) is 0 Å². The van der Waals surface area contributed by atoms with E-state index in [4.69, 9.17) is 9.47 Å². The number of carbonyl (C=O) groups excluding carboxylic acids is 2. The van der Waals surface area contributed by atoms with Crippen molar-refractivity contribution in [1.82, 2.24) is 0 Å². The molecule has 1 fully saturated rings. The molecule has 34 heavy (non-hydrogen) atoms. The van der Waals surface area contributed by atoms with Gasteiger partial charge in [0, 0.05) is 42.1 Å². The molecule has 5 rings (SSSR count). The summed E-state index contributed by atoms with van der Waals surface area (Å²) < 4.78 is 11.2. The van der Waals surface area contributed by atoms with E-state index >= 15 is 0 Å². The molecule has 1 unspecified atom stereocenters. The molecule has 174 valence electrons. The largest absolute Gasteiger partial charge is 0.480 e. The van der Waals surface area contributed by atoms with Crippen LogP contribution < -0.4 is 20.3 Å². The lowest BCUT2D eigenvalue weighted by Gasteiger charge is -2.29. The molecule has 0 radical (unpaired) electrons. The number of anilines is 3. The van der Waals surface area contributed by atoms with Gasteiger partial charge >= 0.3 is 0 Å². The SMILES string of the molecule is Cc1cc(N2CCOCC2)ccc1NC(=O)c1cccc(NC(=O)C2Cc3ccccc3O2)c1. The summed E-state index contributed by atoms with van der Waals surface area (Å²) in [5, 5.41) is 5.86. The first-order valence-corrected chi connectivity index (χ1v) is 11.5. The third kappa shape index (κ3) is 4.75. The molecule has 0 aromatic heterocycles. The third-order valence-corrected chi connectivity index (χ3v) is 6.17. The normalized spacial score (nSPS) is 17.0. The summed E-state index contributed by atoms with van der Waals surface area (Å²) in [7, 11) is 0. The van der Waals surface area contributed by atoms with E-state index in [-0.39, 0.29) is 11.8 Å². The molecule has 0 saturated carbocycles. The van der Waals surface area contributed by atoms with Gasteiger partial charge in [-0.1, -0.05) is 24.3 Å². The van der Waals surface area contributed by atoms with Crippen molar-refractivity contribution in [2.75, 3.05) is 41.8 Å². The van der Waals surface area contributed by atoms with E-state index in [0.717, 1.165) is 54.6 Å². The summed E-state index contributed by atoms with van der Waals surface area (Å²) in [6, 6.07) is 20.6. The fourth-order valence-electron chi connectivity index (χ4n) is 4.29. The molecule has 2 aliphatic heterocycles. The number of ether oxygens (including phenoxy) is 2. The minimum Gasteiger partial charge on any atom is -0.480 e. The summed E-state index contributed by atoms with van der Waals surface area (Å²) in [5.74, 6) is 0.275. The van der Waals surface area contributed by atoms with Crippen molar-refractivity contribution in [3.63, 3.8) is 0 Å². The standard InChI is InChI=1S/C27H27N3O4/c1-18-15-22(30-11-13-33-14-12-30)9-10-23(18)29-26(31)20-6-4-7-21(16-20)28-27(32)25-17-19-5-2-3-8-24(19)34-25/h2-10,15-16,25H,11-14,17H2,1H3,(H,28,32)(H,29,31). The number of benzene rings is 3. The fourth-order valence-corrected chi connectivity index (χ4v) is 4.29. The van der Waals surface area contributed by atoms with Crippen LogP contribution in [0.2, 0.25) is 0 Å². The van der Waals surface area contributed by atoms with E-state index in [2.05, 4.69) is 21.6 Å². The number of carbonyl (C=O) groups is 2. The highest BCUT2D eigenvalue weighted by Crippen LogP contribution is 2.29. The summed E-state index contributed by atoms with van der Waals surface area (Å²) in [4.78, 5) is 27.9. The number of aryl methyl sites for hydroxylation is 1. The topological polar surface area (TPSA) is 79.9 Å². The van der Waals surface area contributed by atoms with Gasteiger partial charge in [-0.15, -0.1) is 0 Å². The molecule has 3 aromatic carbocycles. The van der Waals surface area contributed by atoms with Gasteiger partial charge in [-0.2, -0.15) is 0 Å². The van der Waals surface area contributed by atoms with Crippen LogP contribution in [0.15, 0.2) is 66.7 Å². The van der Waals surface area contributed by atoms with Gasteiger partial charge in [0.2, 0.25) is 0 Å². The second kappa shape index (κ2) is 9.57. The first-order chi connectivity index (χ1) is 16.6. The van der Waals surface area contributed by atoms with E-state index in [1.807, 2.05) is 43.3 Å². The zero-order valence-corrected chi connectivity index (χ0v) is 19.0. The number of fused-ring (bicyclic) bond motifs is 1. The van der Waals surface area contributed by atoms with E-state index < -0.39 is 6.10 Å². The Morgan fingerprint density at radius 3 is 2.56 bits per heavy atom.